The monoisotopic (exact) mass is 257 g/mol. The van der Waals surface area contributed by atoms with Gasteiger partial charge >= 0.3 is 0 Å². The van der Waals surface area contributed by atoms with Crippen LogP contribution >= 0.6 is 0 Å². The summed E-state index contributed by atoms with van der Waals surface area (Å²) in [7, 11) is 0. The number of aryl methyl sites for hydroxylation is 1. The topological polar surface area (TPSA) is 92.8 Å². The molecule has 2 heterocycles. The number of para-hydroxylation sites is 2. The van der Waals surface area contributed by atoms with Gasteiger partial charge in [0.1, 0.15) is 5.82 Å². The molecule has 0 aliphatic carbocycles. The minimum atomic E-state index is 0.148. The van der Waals surface area contributed by atoms with Gasteiger partial charge in [0.2, 0.25) is 5.95 Å². The summed E-state index contributed by atoms with van der Waals surface area (Å²) in [5, 5.41) is 13.1. The average Bonchev–Trinajstić information content (AvgIpc) is 2.99. The maximum atomic E-state index is 8.85. The third kappa shape index (κ3) is 2.06. The summed E-state index contributed by atoms with van der Waals surface area (Å²) in [6.07, 6.45) is 3.11. The van der Waals surface area contributed by atoms with Gasteiger partial charge in [-0.3, -0.25) is 0 Å². The molecule has 0 saturated carbocycles. The number of H-pyrrole nitrogens is 1. The number of aromatic nitrogens is 4. The molecule has 0 aliphatic rings. The maximum absolute atomic E-state index is 8.85. The molecule has 1 aromatic carbocycles. The summed E-state index contributed by atoms with van der Waals surface area (Å²) < 4.78 is 1.59. The Hall–Kier alpha value is -2.34. The number of aliphatic hydroxyl groups is 1. The number of hydrogen-bond donors (Lipinski definition) is 3. The Morgan fingerprint density at radius 2 is 2.16 bits per heavy atom. The van der Waals surface area contributed by atoms with Gasteiger partial charge in [-0.15, -0.1) is 0 Å². The number of rotatable bonds is 4. The van der Waals surface area contributed by atoms with Crippen LogP contribution in [0.4, 0.5) is 5.82 Å². The minimum Gasteiger partial charge on any atom is -0.396 e. The molecule has 0 spiro atoms. The van der Waals surface area contributed by atoms with Gasteiger partial charge in [0, 0.05) is 12.2 Å². The molecule has 0 aliphatic heterocycles. The molecule has 6 heteroatoms. The summed E-state index contributed by atoms with van der Waals surface area (Å²) in [4.78, 5) is 7.64. The minimum absolute atomic E-state index is 0.148. The molecule has 0 bridgehead atoms. The van der Waals surface area contributed by atoms with Crippen molar-refractivity contribution < 1.29 is 5.11 Å². The van der Waals surface area contributed by atoms with Crippen LogP contribution in [0.25, 0.3) is 17.0 Å². The summed E-state index contributed by atoms with van der Waals surface area (Å²) in [5.74, 6) is 1.17. The van der Waals surface area contributed by atoms with E-state index >= 15 is 0 Å². The summed E-state index contributed by atoms with van der Waals surface area (Å²) in [5.41, 5.74) is 8.81. The normalized spacial score (nSPS) is 11.2. The first-order valence-corrected chi connectivity index (χ1v) is 6.18. The quantitative estimate of drug-likeness (QED) is 0.656. The largest absolute Gasteiger partial charge is 0.396 e. The van der Waals surface area contributed by atoms with E-state index in [1.54, 1.807) is 10.9 Å². The molecular weight excluding hydrogens is 242 g/mol. The lowest BCUT2D eigenvalue weighted by Gasteiger charge is -2.01. The highest BCUT2D eigenvalue weighted by molar-refractivity contribution is 5.76. The number of anilines is 1. The average molecular weight is 257 g/mol. The third-order valence-corrected chi connectivity index (χ3v) is 3.07. The summed E-state index contributed by atoms with van der Waals surface area (Å²) >= 11 is 0. The lowest BCUT2D eigenvalue weighted by Crippen LogP contribution is -2.05. The van der Waals surface area contributed by atoms with E-state index in [1.807, 2.05) is 24.3 Å². The number of imidazole rings is 1. The zero-order valence-electron chi connectivity index (χ0n) is 10.4. The Morgan fingerprint density at radius 1 is 1.32 bits per heavy atom. The van der Waals surface area contributed by atoms with Crippen molar-refractivity contribution in [3.63, 3.8) is 0 Å². The third-order valence-electron chi connectivity index (χ3n) is 3.07. The Labute approximate surface area is 109 Å². The van der Waals surface area contributed by atoms with Crippen LogP contribution in [-0.4, -0.2) is 31.5 Å². The molecule has 3 aromatic rings. The van der Waals surface area contributed by atoms with Crippen LogP contribution in [0, 0.1) is 0 Å². The second-order valence-corrected chi connectivity index (χ2v) is 4.37. The number of benzene rings is 1. The van der Waals surface area contributed by atoms with Crippen molar-refractivity contribution in [3.8, 4) is 5.95 Å². The van der Waals surface area contributed by atoms with Crippen molar-refractivity contribution in [1.29, 1.82) is 0 Å². The SMILES string of the molecule is Nc1c(CCCO)cnn1-c1nc2ccccc2[nH]1. The van der Waals surface area contributed by atoms with E-state index < -0.39 is 0 Å². The zero-order valence-corrected chi connectivity index (χ0v) is 10.4. The van der Waals surface area contributed by atoms with E-state index in [4.69, 9.17) is 10.8 Å². The predicted octanol–water partition coefficient (Wildman–Crippen LogP) is 1.26. The fraction of sp³-hybridized carbons (Fsp3) is 0.231. The van der Waals surface area contributed by atoms with Gasteiger partial charge < -0.3 is 15.8 Å². The molecule has 4 N–H and O–H groups in total. The molecule has 2 aromatic heterocycles. The number of fused-ring (bicyclic) bond motifs is 1. The van der Waals surface area contributed by atoms with Crippen LogP contribution in [-0.2, 0) is 6.42 Å². The number of aromatic amines is 1. The smallest absolute Gasteiger partial charge is 0.230 e. The van der Waals surface area contributed by atoms with Gasteiger partial charge in [-0.2, -0.15) is 9.78 Å². The number of nitrogens with zero attached hydrogens (tertiary/aromatic N) is 3. The highest BCUT2D eigenvalue weighted by Gasteiger charge is 2.11. The van der Waals surface area contributed by atoms with Gasteiger partial charge in [0.25, 0.3) is 0 Å². The van der Waals surface area contributed by atoms with E-state index in [9.17, 15) is 0 Å². The van der Waals surface area contributed by atoms with Crippen LogP contribution < -0.4 is 5.73 Å². The molecule has 0 saturated heterocycles. The van der Waals surface area contributed by atoms with Gasteiger partial charge in [-0.25, -0.2) is 4.98 Å². The fourth-order valence-corrected chi connectivity index (χ4v) is 2.06. The number of nitrogens with one attached hydrogen (secondary N) is 1. The van der Waals surface area contributed by atoms with Crippen LogP contribution in [0.5, 0.6) is 0 Å². The van der Waals surface area contributed by atoms with Gasteiger partial charge in [0.15, 0.2) is 0 Å². The molecule has 0 radical (unpaired) electrons. The molecular formula is C13H15N5O. The molecule has 3 rings (SSSR count). The van der Waals surface area contributed by atoms with Gasteiger partial charge in [-0.05, 0) is 25.0 Å². The van der Waals surface area contributed by atoms with Crippen LogP contribution in [0.2, 0.25) is 0 Å². The molecule has 0 atom stereocenters. The van der Waals surface area contributed by atoms with Crippen molar-refractivity contribution in [2.75, 3.05) is 12.3 Å². The molecule has 19 heavy (non-hydrogen) atoms. The van der Waals surface area contributed by atoms with E-state index in [0.29, 0.717) is 24.6 Å². The summed E-state index contributed by atoms with van der Waals surface area (Å²) in [6, 6.07) is 7.77. The van der Waals surface area contributed by atoms with Crippen LogP contribution in [0.15, 0.2) is 30.5 Å². The van der Waals surface area contributed by atoms with Gasteiger partial charge in [-0.1, -0.05) is 12.1 Å². The van der Waals surface area contributed by atoms with E-state index in [2.05, 4.69) is 15.1 Å². The highest BCUT2D eigenvalue weighted by atomic mass is 16.2. The van der Waals surface area contributed by atoms with E-state index in [1.165, 1.54) is 0 Å². The molecule has 0 unspecified atom stereocenters. The van der Waals surface area contributed by atoms with E-state index in [-0.39, 0.29) is 6.61 Å². The number of hydrogen-bond acceptors (Lipinski definition) is 4. The molecule has 0 fully saturated rings. The van der Waals surface area contributed by atoms with Crippen molar-refractivity contribution in [3.05, 3.63) is 36.0 Å². The first-order valence-electron chi connectivity index (χ1n) is 6.18. The lowest BCUT2D eigenvalue weighted by molar-refractivity contribution is 0.288. The fourth-order valence-electron chi connectivity index (χ4n) is 2.06. The number of nitrogens with two attached hydrogens (primary N) is 1. The summed E-state index contributed by atoms with van der Waals surface area (Å²) in [6.45, 7) is 0.148. The standard InChI is InChI=1S/C13H15N5O/c14-12-9(4-3-7-19)8-15-18(12)13-16-10-5-1-2-6-11(10)17-13/h1-2,5-6,8,19H,3-4,7,14H2,(H,16,17). The van der Waals surface area contributed by atoms with Crippen molar-refractivity contribution in [2.24, 2.45) is 0 Å². The van der Waals surface area contributed by atoms with E-state index in [0.717, 1.165) is 16.6 Å². The Morgan fingerprint density at radius 3 is 2.95 bits per heavy atom. The number of aliphatic hydroxyl groups excluding tert-OH is 1. The first kappa shape index (κ1) is 11.7. The zero-order chi connectivity index (χ0) is 13.2. The van der Waals surface area contributed by atoms with Crippen molar-refractivity contribution in [2.45, 2.75) is 12.8 Å². The molecule has 98 valence electrons. The molecule has 0 amide bonds. The Balaban J connectivity index is 1.99. The number of nitrogen functional groups attached to an aromatic ring is 1. The van der Waals surface area contributed by atoms with Crippen molar-refractivity contribution in [1.82, 2.24) is 19.7 Å². The predicted molar refractivity (Wildman–Crippen MR) is 73.0 cm³/mol. The second-order valence-electron chi connectivity index (χ2n) is 4.37. The Bertz CT molecular complexity index is 667. The maximum Gasteiger partial charge on any atom is 0.230 e. The first-order chi connectivity index (χ1) is 9.29. The van der Waals surface area contributed by atoms with Crippen LogP contribution in [0.3, 0.4) is 0 Å². The van der Waals surface area contributed by atoms with Gasteiger partial charge in [0.05, 0.1) is 17.2 Å². The van der Waals surface area contributed by atoms with Crippen LogP contribution in [0.1, 0.15) is 12.0 Å². The lowest BCUT2D eigenvalue weighted by atomic mass is 10.2. The molecule has 6 nitrogen and oxygen atoms in total. The Kier molecular flexibility index (Phi) is 2.92. The second kappa shape index (κ2) is 4.74. The van der Waals surface area contributed by atoms with Crippen molar-refractivity contribution >= 4 is 16.9 Å². The highest BCUT2D eigenvalue weighted by Crippen LogP contribution is 2.19.